The van der Waals surface area contributed by atoms with Crippen molar-refractivity contribution in [2.24, 2.45) is 0 Å². The molecule has 1 aliphatic rings. The number of hydrogen-bond donors (Lipinski definition) is 2. The molecule has 8 nitrogen and oxygen atoms in total. The van der Waals surface area contributed by atoms with Gasteiger partial charge in [0.25, 0.3) is 5.91 Å². The van der Waals surface area contributed by atoms with Crippen LogP contribution in [0.5, 0.6) is 5.75 Å². The SMILES string of the molecule is COc1cnc(Cl)cc1-c1cc(C)ncc1C(=O)Nc1nnc(S[C@H]2CCCC[C@@H](O)C2)s1. The van der Waals surface area contributed by atoms with E-state index >= 15 is 0 Å². The molecule has 1 saturated carbocycles. The molecule has 0 aliphatic heterocycles. The second-order valence-electron chi connectivity index (χ2n) is 7.82. The Balaban J connectivity index is 1.54. The van der Waals surface area contributed by atoms with Gasteiger partial charge >= 0.3 is 0 Å². The minimum Gasteiger partial charge on any atom is -0.494 e. The first kappa shape index (κ1) is 23.9. The highest BCUT2D eigenvalue weighted by Gasteiger charge is 2.22. The highest BCUT2D eigenvalue weighted by atomic mass is 35.5. The normalized spacial score (nSPS) is 18.5. The number of aromatic nitrogens is 4. The summed E-state index contributed by atoms with van der Waals surface area (Å²) in [5.74, 6) is 0.143. The van der Waals surface area contributed by atoms with E-state index in [1.165, 1.54) is 30.8 Å². The molecule has 3 aromatic rings. The third-order valence-corrected chi connectivity index (χ3v) is 7.80. The zero-order valence-electron chi connectivity index (χ0n) is 18.2. The Morgan fingerprint density at radius 1 is 1.21 bits per heavy atom. The number of aliphatic hydroxyl groups is 1. The molecule has 174 valence electrons. The number of aryl methyl sites for hydroxylation is 1. The average Bonchev–Trinajstić information content (AvgIpc) is 3.12. The summed E-state index contributed by atoms with van der Waals surface area (Å²) >= 11 is 9.05. The molecule has 1 fully saturated rings. The van der Waals surface area contributed by atoms with Gasteiger partial charge in [-0.2, -0.15) is 0 Å². The third-order valence-electron chi connectivity index (χ3n) is 5.37. The summed E-state index contributed by atoms with van der Waals surface area (Å²) < 4.78 is 6.20. The Morgan fingerprint density at radius 3 is 2.85 bits per heavy atom. The van der Waals surface area contributed by atoms with E-state index in [0.29, 0.717) is 38.0 Å². The monoisotopic (exact) mass is 505 g/mol. The zero-order chi connectivity index (χ0) is 23.4. The van der Waals surface area contributed by atoms with Crippen LogP contribution in [0.3, 0.4) is 0 Å². The Labute approximate surface area is 205 Å². The molecular formula is C22H24ClN5O3S2. The van der Waals surface area contributed by atoms with Gasteiger partial charge in [-0.3, -0.25) is 15.1 Å². The fourth-order valence-electron chi connectivity index (χ4n) is 3.77. The maximum atomic E-state index is 13.2. The molecule has 1 amide bonds. The maximum absolute atomic E-state index is 13.2. The van der Waals surface area contributed by atoms with Crippen molar-refractivity contribution < 1.29 is 14.6 Å². The minimum atomic E-state index is -0.356. The summed E-state index contributed by atoms with van der Waals surface area (Å²) in [5, 5.41) is 22.2. The lowest BCUT2D eigenvalue weighted by Gasteiger charge is -2.13. The van der Waals surface area contributed by atoms with E-state index in [2.05, 4.69) is 25.5 Å². The van der Waals surface area contributed by atoms with Crippen molar-refractivity contribution in [3.8, 4) is 16.9 Å². The first-order valence-corrected chi connectivity index (χ1v) is 12.7. The highest BCUT2D eigenvalue weighted by Crippen LogP contribution is 2.37. The first-order valence-electron chi connectivity index (χ1n) is 10.6. The number of carbonyl (C=O) groups is 1. The Kier molecular flexibility index (Phi) is 7.79. The topological polar surface area (TPSA) is 110 Å². The largest absolute Gasteiger partial charge is 0.494 e. The van der Waals surface area contributed by atoms with Crippen molar-refractivity contribution in [3.63, 3.8) is 0 Å². The number of nitrogens with zero attached hydrogens (tertiary/aromatic N) is 4. The molecular weight excluding hydrogens is 482 g/mol. The van der Waals surface area contributed by atoms with Gasteiger partial charge < -0.3 is 9.84 Å². The van der Waals surface area contributed by atoms with Gasteiger partial charge in [-0.15, -0.1) is 10.2 Å². The zero-order valence-corrected chi connectivity index (χ0v) is 20.6. The smallest absolute Gasteiger partial charge is 0.259 e. The standard InChI is InChI=1S/C22H24ClN5O3S2/c1-12-7-15(16-9-19(23)25-11-18(16)31-2)17(10-24-12)20(30)26-21-27-28-22(33-21)32-14-6-4-3-5-13(29)8-14/h7,9-11,13-14,29H,3-6,8H2,1-2H3,(H,26,27,30)/t13-,14+/m1/s1. The van der Waals surface area contributed by atoms with Gasteiger partial charge in [0.05, 0.1) is 25.0 Å². The van der Waals surface area contributed by atoms with Gasteiger partial charge in [0.15, 0.2) is 4.34 Å². The summed E-state index contributed by atoms with van der Waals surface area (Å²) in [6.45, 7) is 1.85. The van der Waals surface area contributed by atoms with Crippen molar-refractivity contribution in [1.82, 2.24) is 20.2 Å². The fraction of sp³-hybridized carbons (Fsp3) is 0.409. The summed E-state index contributed by atoms with van der Waals surface area (Å²) in [6.07, 6.45) is 7.58. The van der Waals surface area contributed by atoms with E-state index in [1.807, 2.05) is 13.0 Å². The van der Waals surface area contributed by atoms with Gasteiger partial charge in [0, 0.05) is 28.3 Å². The number of aliphatic hydroxyl groups excluding tert-OH is 1. The quantitative estimate of drug-likeness (QED) is 0.273. The van der Waals surface area contributed by atoms with Crippen molar-refractivity contribution >= 4 is 45.7 Å². The van der Waals surface area contributed by atoms with E-state index in [0.717, 1.165) is 42.1 Å². The van der Waals surface area contributed by atoms with E-state index in [9.17, 15) is 9.90 Å². The summed E-state index contributed by atoms with van der Waals surface area (Å²) in [5.41, 5.74) is 2.38. The molecule has 3 aromatic heterocycles. The number of anilines is 1. The number of rotatable bonds is 6. The van der Waals surface area contributed by atoms with E-state index in [-0.39, 0.29) is 12.0 Å². The number of methoxy groups -OCH3 is 1. The minimum absolute atomic E-state index is 0.261. The van der Waals surface area contributed by atoms with Crippen LogP contribution in [0, 0.1) is 6.92 Å². The number of carbonyl (C=O) groups excluding carboxylic acids is 1. The van der Waals surface area contributed by atoms with E-state index in [4.69, 9.17) is 16.3 Å². The van der Waals surface area contributed by atoms with Crippen LogP contribution in [-0.4, -0.2) is 49.6 Å². The van der Waals surface area contributed by atoms with E-state index < -0.39 is 0 Å². The Morgan fingerprint density at radius 2 is 2.03 bits per heavy atom. The molecule has 2 N–H and O–H groups in total. The highest BCUT2D eigenvalue weighted by molar-refractivity contribution is 8.01. The van der Waals surface area contributed by atoms with Gasteiger partial charge in [-0.05, 0) is 38.3 Å². The van der Waals surface area contributed by atoms with Crippen LogP contribution in [-0.2, 0) is 0 Å². The predicted octanol–water partition coefficient (Wildman–Crippen LogP) is 5.00. The molecule has 0 bridgehead atoms. The number of hydrogen-bond acceptors (Lipinski definition) is 9. The second-order valence-corrected chi connectivity index (χ2v) is 10.7. The summed E-state index contributed by atoms with van der Waals surface area (Å²) in [7, 11) is 1.54. The third kappa shape index (κ3) is 6.00. The summed E-state index contributed by atoms with van der Waals surface area (Å²) in [6, 6.07) is 3.47. The molecule has 3 heterocycles. The molecule has 1 aliphatic carbocycles. The molecule has 0 saturated heterocycles. The van der Waals surface area contributed by atoms with Crippen LogP contribution in [0.15, 0.2) is 28.9 Å². The van der Waals surface area contributed by atoms with E-state index in [1.54, 1.807) is 17.8 Å². The van der Waals surface area contributed by atoms with Crippen molar-refractivity contribution in [2.75, 3.05) is 12.4 Å². The number of amides is 1. The molecule has 2 atom stereocenters. The first-order chi connectivity index (χ1) is 15.9. The second kappa shape index (κ2) is 10.8. The average molecular weight is 506 g/mol. The molecule has 33 heavy (non-hydrogen) atoms. The van der Waals surface area contributed by atoms with Crippen molar-refractivity contribution in [3.05, 3.63) is 40.9 Å². The number of ether oxygens (including phenoxy) is 1. The van der Waals surface area contributed by atoms with Gasteiger partial charge in [-0.25, -0.2) is 4.98 Å². The maximum Gasteiger partial charge on any atom is 0.259 e. The molecule has 0 unspecified atom stereocenters. The lowest BCUT2D eigenvalue weighted by Crippen LogP contribution is -2.14. The number of thioether (sulfide) groups is 1. The van der Waals surface area contributed by atoms with Gasteiger partial charge in [-0.1, -0.05) is 47.5 Å². The molecule has 0 aromatic carbocycles. The van der Waals surface area contributed by atoms with Gasteiger partial charge in [0.1, 0.15) is 10.9 Å². The summed E-state index contributed by atoms with van der Waals surface area (Å²) in [4.78, 5) is 21.5. The van der Waals surface area contributed by atoms with Crippen molar-refractivity contribution in [1.29, 1.82) is 0 Å². The molecule has 4 rings (SSSR count). The van der Waals surface area contributed by atoms with Crippen LogP contribution < -0.4 is 10.1 Å². The van der Waals surface area contributed by atoms with Crippen LogP contribution in [0.25, 0.3) is 11.1 Å². The van der Waals surface area contributed by atoms with Crippen molar-refractivity contribution in [2.45, 2.75) is 54.7 Å². The number of halogens is 1. The number of nitrogens with one attached hydrogen (secondary N) is 1. The lowest BCUT2D eigenvalue weighted by molar-refractivity contribution is 0.102. The predicted molar refractivity (Wildman–Crippen MR) is 130 cm³/mol. The Hall–Kier alpha value is -2.27. The molecule has 11 heteroatoms. The Bertz CT molecular complexity index is 1140. The number of pyridine rings is 2. The van der Waals surface area contributed by atoms with Crippen LogP contribution in [0.1, 0.15) is 48.2 Å². The fourth-order valence-corrected chi connectivity index (χ4v) is 6.21. The van der Waals surface area contributed by atoms with Gasteiger partial charge in [0.2, 0.25) is 5.13 Å². The lowest BCUT2D eigenvalue weighted by atomic mass is 10.0. The van der Waals surface area contributed by atoms with Crippen LogP contribution in [0.2, 0.25) is 5.15 Å². The van der Waals surface area contributed by atoms with Crippen LogP contribution in [0.4, 0.5) is 5.13 Å². The van der Waals surface area contributed by atoms with Crippen LogP contribution >= 0.6 is 34.7 Å². The molecule has 0 spiro atoms. The molecule has 0 radical (unpaired) electrons.